The number of aromatic nitrogens is 2. The van der Waals surface area contributed by atoms with Gasteiger partial charge in [0.25, 0.3) is 5.91 Å². The molecule has 0 aliphatic carbocycles. The maximum atomic E-state index is 13.7. The van der Waals surface area contributed by atoms with Crippen LogP contribution in [0, 0.1) is 5.82 Å². The van der Waals surface area contributed by atoms with E-state index in [4.69, 9.17) is 0 Å². The molecule has 2 atom stereocenters. The Hall–Kier alpha value is -3.95. The van der Waals surface area contributed by atoms with E-state index in [1.165, 1.54) is 24.3 Å². The molecule has 1 unspecified atom stereocenters. The summed E-state index contributed by atoms with van der Waals surface area (Å²) in [7, 11) is -1.88. The zero-order chi connectivity index (χ0) is 29.9. The van der Waals surface area contributed by atoms with Crippen molar-refractivity contribution in [1.82, 2.24) is 24.9 Å². The Bertz CT molecular complexity index is 1540. The third kappa shape index (κ3) is 5.04. The second-order valence-electron chi connectivity index (χ2n) is 10.0. The Morgan fingerprint density at radius 2 is 1.85 bits per heavy atom. The van der Waals surface area contributed by atoms with Crippen molar-refractivity contribution in [3.05, 3.63) is 71.8 Å². The summed E-state index contributed by atoms with van der Waals surface area (Å²) >= 11 is 0. The van der Waals surface area contributed by atoms with Crippen LogP contribution in [0.1, 0.15) is 18.1 Å². The number of halogens is 4. The first-order chi connectivity index (χ1) is 19.1. The molecule has 3 heterocycles. The van der Waals surface area contributed by atoms with Gasteiger partial charge in [-0.15, -0.1) is 0 Å². The van der Waals surface area contributed by atoms with Crippen molar-refractivity contribution >= 4 is 28.4 Å². The summed E-state index contributed by atoms with van der Waals surface area (Å²) in [6.45, 7) is -0.831. The molecule has 3 N–H and O–H groups in total. The lowest BCUT2D eigenvalue weighted by molar-refractivity contribution is -0.187. The average Bonchev–Trinajstić information content (AvgIpc) is 3.50. The number of amides is 4. The topological polar surface area (TPSA) is 128 Å². The number of carbonyl (C=O) groups is 3. The molecule has 2 aliphatic rings. The van der Waals surface area contributed by atoms with Gasteiger partial charge in [-0.25, -0.2) is 9.18 Å². The predicted molar refractivity (Wildman–Crippen MR) is 139 cm³/mol. The van der Waals surface area contributed by atoms with Crippen LogP contribution in [0.5, 0.6) is 0 Å². The molecule has 1 saturated heterocycles. The zero-order valence-corrected chi connectivity index (χ0v) is 22.5. The molecule has 4 amide bonds. The number of urea groups is 1. The number of hydrogen-bond acceptors (Lipinski definition) is 6. The molecule has 0 radical (unpaired) electrons. The van der Waals surface area contributed by atoms with Crippen molar-refractivity contribution in [1.29, 1.82) is 0 Å². The van der Waals surface area contributed by atoms with Gasteiger partial charge in [-0.3, -0.25) is 28.3 Å². The highest BCUT2D eigenvalue weighted by molar-refractivity contribution is 8.24. The first-order valence-corrected chi connectivity index (χ1v) is 14.0. The molecule has 1 aromatic heterocycles. The number of fused-ring (bicyclic) bond motifs is 2. The van der Waals surface area contributed by atoms with Crippen LogP contribution in [-0.4, -0.2) is 71.0 Å². The third-order valence-corrected chi connectivity index (χ3v) is 9.12. The number of imide groups is 1. The molecule has 218 valence electrons. The highest BCUT2D eigenvalue weighted by atomic mass is 32.3. The van der Waals surface area contributed by atoms with Gasteiger partial charge in [0, 0.05) is 30.9 Å². The van der Waals surface area contributed by atoms with E-state index in [0.29, 0.717) is 20.9 Å². The Morgan fingerprint density at radius 3 is 2.46 bits per heavy atom. The lowest BCUT2D eigenvalue weighted by atomic mass is 9.91. The predicted octanol–water partition coefficient (Wildman–Crippen LogP) is 4.08. The fraction of sp³-hybridized carbons (Fsp3) is 0.308. The van der Waals surface area contributed by atoms with E-state index in [-0.39, 0.29) is 16.0 Å². The number of hydrogen-bond donors (Lipinski definition) is 3. The summed E-state index contributed by atoms with van der Waals surface area (Å²) in [6, 6.07) is 5.72. The van der Waals surface area contributed by atoms with Gasteiger partial charge in [0.15, 0.2) is 5.54 Å². The third-order valence-electron chi connectivity index (χ3n) is 7.25. The Labute approximate surface area is 232 Å². The zero-order valence-electron chi connectivity index (χ0n) is 21.7. The van der Waals surface area contributed by atoms with Crippen LogP contribution in [0.15, 0.2) is 59.8 Å². The van der Waals surface area contributed by atoms with E-state index in [1.807, 2.05) is 0 Å². The van der Waals surface area contributed by atoms with Crippen molar-refractivity contribution in [3.63, 3.8) is 0 Å². The summed E-state index contributed by atoms with van der Waals surface area (Å²) in [5.41, 5.74) is -0.357. The molecule has 41 heavy (non-hydrogen) atoms. The van der Waals surface area contributed by atoms with Crippen LogP contribution in [0.4, 0.5) is 22.4 Å². The molecule has 1 fully saturated rings. The molecule has 10 nitrogen and oxygen atoms in total. The van der Waals surface area contributed by atoms with Gasteiger partial charge < -0.3 is 10.2 Å². The largest absolute Gasteiger partial charge is 0.408 e. The van der Waals surface area contributed by atoms with Crippen LogP contribution in [0.2, 0.25) is 0 Å². The number of rotatable bonds is 6. The van der Waals surface area contributed by atoms with Crippen LogP contribution < -0.4 is 5.32 Å². The standard InChI is InChI=1S/C26H25F4N5O5S/c1-15(26(28,29)30)34(11-16-3-6-19(27)7-4-16)22(36)13-35-23(37)25(32-24(35)38)14-41(39,40)21-9-17(5-8-20(21)25)18-10-31-33(2)12-18/h3-10,12,15,39-40H,11,13-14H2,1-2H3,(H,32,38)/t15-,25?/m0/s1. The quantitative estimate of drug-likeness (QED) is 0.291. The van der Waals surface area contributed by atoms with Gasteiger partial charge in [-0.05, 0) is 36.2 Å². The minimum Gasteiger partial charge on any atom is -0.325 e. The first kappa shape index (κ1) is 28.6. The number of alkyl halides is 3. The molecule has 2 aliphatic heterocycles. The minimum absolute atomic E-state index is 0.0318. The monoisotopic (exact) mass is 595 g/mol. The van der Waals surface area contributed by atoms with E-state index in [9.17, 15) is 41.1 Å². The molecular formula is C26H25F4N5O5S. The molecular weight excluding hydrogens is 570 g/mol. The molecule has 15 heteroatoms. The summed E-state index contributed by atoms with van der Waals surface area (Å²) < 4.78 is 77.7. The molecule has 5 rings (SSSR count). The highest BCUT2D eigenvalue weighted by Gasteiger charge is 2.60. The van der Waals surface area contributed by atoms with Crippen molar-refractivity contribution in [3.8, 4) is 11.1 Å². The summed E-state index contributed by atoms with van der Waals surface area (Å²) in [5, 5.41) is 6.53. The maximum Gasteiger partial charge on any atom is 0.408 e. The lowest BCUT2D eigenvalue weighted by Gasteiger charge is -2.32. The highest BCUT2D eigenvalue weighted by Crippen LogP contribution is 2.62. The van der Waals surface area contributed by atoms with Crippen molar-refractivity contribution in [2.45, 2.75) is 36.1 Å². The van der Waals surface area contributed by atoms with Gasteiger partial charge in [0.2, 0.25) is 5.91 Å². The normalized spacial score (nSPS) is 21.1. The van der Waals surface area contributed by atoms with E-state index < -0.39 is 70.9 Å². The van der Waals surface area contributed by atoms with E-state index in [2.05, 4.69) is 10.4 Å². The SMILES string of the molecule is C[C@H](N(Cc1ccc(F)cc1)C(=O)CN1C(=O)NC2(CS(O)(O)c3cc(-c4cnn(C)c4)ccc32)C1=O)C(F)(F)F. The van der Waals surface area contributed by atoms with Crippen LogP contribution in [-0.2, 0) is 28.7 Å². The number of benzene rings is 2. The average molecular weight is 596 g/mol. The van der Waals surface area contributed by atoms with Crippen molar-refractivity contribution in [2.75, 3.05) is 12.3 Å². The second-order valence-corrected chi connectivity index (χ2v) is 12.1. The number of carbonyl (C=O) groups excluding carboxylic acids is 3. The lowest BCUT2D eigenvalue weighted by Crippen LogP contribution is -2.51. The molecule has 0 saturated carbocycles. The molecule has 0 bridgehead atoms. The first-order valence-electron chi connectivity index (χ1n) is 12.3. The van der Waals surface area contributed by atoms with Gasteiger partial charge in [-0.1, -0.05) is 24.3 Å². The number of aryl methyl sites for hydroxylation is 1. The maximum absolute atomic E-state index is 13.7. The minimum atomic E-state index is -4.83. The number of nitrogens with one attached hydrogen (secondary N) is 1. The smallest absolute Gasteiger partial charge is 0.325 e. The van der Waals surface area contributed by atoms with Gasteiger partial charge in [0.1, 0.15) is 18.4 Å². The van der Waals surface area contributed by atoms with E-state index in [1.54, 1.807) is 30.2 Å². The van der Waals surface area contributed by atoms with E-state index in [0.717, 1.165) is 19.1 Å². The van der Waals surface area contributed by atoms with Crippen molar-refractivity contribution < 1.29 is 41.1 Å². The molecule has 2 aromatic carbocycles. The molecule has 1 spiro atoms. The summed E-state index contributed by atoms with van der Waals surface area (Å²) in [6.07, 6.45) is -1.57. The van der Waals surface area contributed by atoms with Gasteiger partial charge in [0.05, 0.1) is 16.8 Å². The summed E-state index contributed by atoms with van der Waals surface area (Å²) in [5.74, 6) is -3.39. The fourth-order valence-corrected chi connectivity index (χ4v) is 7.05. The Morgan fingerprint density at radius 1 is 1.17 bits per heavy atom. The number of nitrogens with zero attached hydrogens (tertiary/aromatic N) is 4. The second kappa shape index (κ2) is 9.85. The Balaban J connectivity index is 1.44. The van der Waals surface area contributed by atoms with Crippen molar-refractivity contribution in [2.24, 2.45) is 7.05 Å². The summed E-state index contributed by atoms with van der Waals surface area (Å²) in [4.78, 5) is 40.8. The van der Waals surface area contributed by atoms with Crippen LogP contribution in [0.3, 0.4) is 0 Å². The van der Waals surface area contributed by atoms with Crippen LogP contribution >= 0.6 is 10.6 Å². The van der Waals surface area contributed by atoms with Gasteiger partial charge >= 0.3 is 12.2 Å². The van der Waals surface area contributed by atoms with E-state index >= 15 is 0 Å². The van der Waals surface area contributed by atoms with Gasteiger partial charge in [-0.2, -0.15) is 28.9 Å². The Kier molecular flexibility index (Phi) is 6.87. The fourth-order valence-electron chi connectivity index (χ4n) is 5.03. The molecule has 3 aromatic rings. The van der Waals surface area contributed by atoms with Crippen LogP contribution in [0.25, 0.3) is 11.1 Å².